The Morgan fingerprint density at radius 2 is 1.84 bits per heavy atom. The fourth-order valence-corrected chi connectivity index (χ4v) is 3.36. The topological polar surface area (TPSA) is 69.7 Å². The van der Waals surface area contributed by atoms with Gasteiger partial charge in [0.1, 0.15) is 0 Å². The molecule has 2 saturated heterocycles. The van der Waals surface area contributed by atoms with Crippen LogP contribution < -0.4 is 5.32 Å². The monoisotopic (exact) mass is 341 g/mol. The summed E-state index contributed by atoms with van der Waals surface area (Å²) in [6.07, 6.45) is 1.90. The van der Waals surface area contributed by atoms with Crippen molar-refractivity contribution in [3.8, 4) is 0 Å². The predicted octanol–water partition coefficient (Wildman–Crippen LogP) is 0.895. The zero-order valence-corrected chi connectivity index (χ0v) is 14.6. The zero-order valence-electron chi connectivity index (χ0n) is 14.6. The lowest BCUT2D eigenvalue weighted by molar-refractivity contribution is -0.140. The highest BCUT2D eigenvalue weighted by molar-refractivity contribution is 5.95. The van der Waals surface area contributed by atoms with Gasteiger partial charge in [-0.2, -0.15) is 0 Å². The summed E-state index contributed by atoms with van der Waals surface area (Å²) in [6, 6.07) is 9.80. The van der Waals surface area contributed by atoms with Crippen LogP contribution in [0.5, 0.6) is 0 Å². The van der Waals surface area contributed by atoms with Crippen molar-refractivity contribution in [1.82, 2.24) is 15.1 Å². The van der Waals surface area contributed by atoms with E-state index in [1.54, 1.807) is 22.9 Å². The van der Waals surface area contributed by atoms with Crippen LogP contribution in [-0.4, -0.2) is 60.2 Å². The molecule has 3 rings (SSSR count). The van der Waals surface area contributed by atoms with E-state index >= 15 is 0 Å². The van der Waals surface area contributed by atoms with Crippen LogP contribution in [-0.2, 0) is 14.4 Å². The van der Waals surface area contributed by atoms with Gasteiger partial charge < -0.3 is 15.1 Å². The van der Waals surface area contributed by atoms with Gasteiger partial charge in [-0.3, -0.25) is 14.4 Å². The Morgan fingerprint density at radius 3 is 2.48 bits per heavy atom. The first-order valence-corrected chi connectivity index (χ1v) is 8.53. The quantitative estimate of drug-likeness (QED) is 0.827. The van der Waals surface area contributed by atoms with E-state index < -0.39 is 0 Å². The Hall–Kier alpha value is -2.63. The number of nitrogens with one attached hydrogen (secondary N) is 1. The fraction of sp³-hybridized carbons (Fsp3) is 0.421. The number of hydrogen-bond donors (Lipinski definition) is 1. The van der Waals surface area contributed by atoms with Crippen molar-refractivity contribution in [3.05, 3.63) is 42.0 Å². The third kappa shape index (κ3) is 3.57. The Kier molecular flexibility index (Phi) is 4.88. The summed E-state index contributed by atoms with van der Waals surface area (Å²) in [6.45, 7) is 3.43. The number of amides is 3. The number of carbonyl (C=O) groups is 3. The van der Waals surface area contributed by atoms with Gasteiger partial charge in [0, 0.05) is 39.2 Å². The van der Waals surface area contributed by atoms with Crippen LogP contribution in [0, 0.1) is 5.92 Å². The standard InChI is InChI=1S/C19H23N3O3/c1-13(14-6-4-3-5-7-14)8-17(23)21-11-16(12-21)22-10-15(9-18(22)24)19(25)20-2/h3-8,15-16H,9-12H2,1-2H3,(H,20,25)/b13-8+. The summed E-state index contributed by atoms with van der Waals surface area (Å²) in [5.74, 6) is -0.402. The van der Waals surface area contributed by atoms with Crippen molar-refractivity contribution in [3.63, 3.8) is 0 Å². The largest absolute Gasteiger partial charge is 0.359 e. The summed E-state index contributed by atoms with van der Waals surface area (Å²) < 4.78 is 0. The number of likely N-dealkylation sites (tertiary alicyclic amines) is 2. The molecule has 2 fully saturated rings. The van der Waals surface area contributed by atoms with E-state index in [9.17, 15) is 14.4 Å². The van der Waals surface area contributed by atoms with Gasteiger partial charge in [0.25, 0.3) is 0 Å². The van der Waals surface area contributed by atoms with Crippen molar-refractivity contribution < 1.29 is 14.4 Å². The van der Waals surface area contributed by atoms with Crippen LogP contribution in [0.1, 0.15) is 18.9 Å². The fourth-order valence-electron chi connectivity index (χ4n) is 3.36. The molecule has 6 nitrogen and oxygen atoms in total. The second-order valence-electron chi connectivity index (χ2n) is 6.65. The van der Waals surface area contributed by atoms with Gasteiger partial charge in [-0.05, 0) is 18.1 Å². The summed E-state index contributed by atoms with van der Waals surface area (Å²) >= 11 is 0. The maximum Gasteiger partial charge on any atom is 0.246 e. The van der Waals surface area contributed by atoms with Crippen molar-refractivity contribution in [2.24, 2.45) is 5.92 Å². The average Bonchev–Trinajstić information content (AvgIpc) is 2.95. The van der Waals surface area contributed by atoms with Gasteiger partial charge in [-0.15, -0.1) is 0 Å². The lowest BCUT2D eigenvalue weighted by atomic mass is 10.0. The molecule has 3 amide bonds. The third-order valence-electron chi connectivity index (χ3n) is 4.96. The molecule has 2 aliphatic heterocycles. The highest BCUT2D eigenvalue weighted by Crippen LogP contribution is 2.25. The van der Waals surface area contributed by atoms with Crippen LogP contribution in [0.15, 0.2) is 36.4 Å². The van der Waals surface area contributed by atoms with Gasteiger partial charge in [0.15, 0.2) is 0 Å². The number of hydrogen-bond acceptors (Lipinski definition) is 3. The van der Waals surface area contributed by atoms with Crippen molar-refractivity contribution in [2.75, 3.05) is 26.7 Å². The molecule has 0 aromatic heterocycles. The maximum atomic E-state index is 12.4. The van der Waals surface area contributed by atoms with Crippen LogP contribution in [0.2, 0.25) is 0 Å². The first kappa shape index (κ1) is 17.2. The Labute approximate surface area is 147 Å². The lowest BCUT2D eigenvalue weighted by Gasteiger charge is -2.43. The molecule has 1 N–H and O–H groups in total. The first-order chi connectivity index (χ1) is 12.0. The molecule has 132 valence electrons. The van der Waals surface area contributed by atoms with Gasteiger partial charge in [0.2, 0.25) is 17.7 Å². The summed E-state index contributed by atoms with van der Waals surface area (Å²) in [5, 5.41) is 2.60. The summed E-state index contributed by atoms with van der Waals surface area (Å²) in [5.41, 5.74) is 1.95. The third-order valence-corrected chi connectivity index (χ3v) is 4.96. The molecule has 6 heteroatoms. The molecule has 0 aliphatic carbocycles. The molecule has 0 spiro atoms. The van der Waals surface area contributed by atoms with Gasteiger partial charge in [0.05, 0.1) is 12.0 Å². The minimum Gasteiger partial charge on any atom is -0.359 e. The summed E-state index contributed by atoms with van der Waals surface area (Å²) in [7, 11) is 1.58. The van der Waals surface area contributed by atoms with Gasteiger partial charge in [-0.25, -0.2) is 0 Å². The van der Waals surface area contributed by atoms with E-state index in [-0.39, 0.29) is 36.1 Å². The maximum absolute atomic E-state index is 12.4. The minimum atomic E-state index is -0.275. The highest BCUT2D eigenvalue weighted by Gasteiger charge is 2.42. The summed E-state index contributed by atoms with van der Waals surface area (Å²) in [4.78, 5) is 39.6. The minimum absolute atomic E-state index is 0.00158. The Morgan fingerprint density at radius 1 is 1.16 bits per heavy atom. The number of carbonyl (C=O) groups excluding carboxylic acids is 3. The number of rotatable bonds is 4. The Balaban J connectivity index is 1.55. The Bertz CT molecular complexity index is 708. The molecule has 2 aliphatic rings. The van der Waals surface area contributed by atoms with Crippen LogP contribution in [0.4, 0.5) is 0 Å². The number of allylic oxidation sites excluding steroid dienone is 1. The van der Waals surface area contributed by atoms with Crippen molar-refractivity contribution >= 4 is 23.3 Å². The molecule has 1 aromatic carbocycles. The predicted molar refractivity (Wildman–Crippen MR) is 94.3 cm³/mol. The van der Waals surface area contributed by atoms with Crippen molar-refractivity contribution in [1.29, 1.82) is 0 Å². The molecule has 25 heavy (non-hydrogen) atoms. The molecule has 2 heterocycles. The first-order valence-electron chi connectivity index (χ1n) is 8.53. The second-order valence-corrected chi connectivity index (χ2v) is 6.65. The lowest BCUT2D eigenvalue weighted by Crippen LogP contribution is -2.61. The van der Waals surface area contributed by atoms with Crippen LogP contribution in [0.25, 0.3) is 5.57 Å². The van der Waals surface area contributed by atoms with Crippen LogP contribution in [0.3, 0.4) is 0 Å². The van der Waals surface area contributed by atoms with Gasteiger partial charge >= 0.3 is 0 Å². The second kappa shape index (κ2) is 7.09. The molecule has 0 radical (unpaired) electrons. The van der Waals surface area contributed by atoms with E-state index in [1.807, 2.05) is 37.3 Å². The van der Waals surface area contributed by atoms with E-state index in [0.717, 1.165) is 11.1 Å². The highest BCUT2D eigenvalue weighted by atomic mass is 16.2. The molecule has 1 unspecified atom stereocenters. The molecule has 0 bridgehead atoms. The van der Waals surface area contributed by atoms with Crippen LogP contribution >= 0.6 is 0 Å². The average molecular weight is 341 g/mol. The smallest absolute Gasteiger partial charge is 0.246 e. The number of nitrogens with zero attached hydrogens (tertiary/aromatic N) is 2. The van der Waals surface area contributed by atoms with Crippen molar-refractivity contribution in [2.45, 2.75) is 19.4 Å². The SMILES string of the molecule is CNC(=O)C1CC(=O)N(C2CN(C(=O)/C=C(\C)c3ccccc3)C2)C1. The molecule has 1 aromatic rings. The molecular formula is C19H23N3O3. The van der Waals surface area contributed by atoms with Gasteiger partial charge in [-0.1, -0.05) is 30.3 Å². The number of benzene rings is 1. The molecular weight excluding hydrogens is 318 g/mol. The van der Waals surface area contributed by atoms with E-state index in [0.29, 0.717) is 19.6 Å². The molecule has 1 atom stereocenters. The normalized spacial score (nSPS) is 21.3. The van der Waals surface area contributed by atoms with E-state index in [2.05, 4.69) is 5.32 Å². The zero-order chi connectivity index (χ0) is 18.0. The van der Waals surface area contributed by atoms with E-state index in [1.165, 1.54) is 0 Å². The van der Waals surface area contributed by atoms with E-state index in [4.69, 9.17) is 0 Å². The molecule has 0 saturated carbocycles.